The molecular formula is C25H26N4O4. The maximum atomic E-state index is 13.5. The van der Waals surface area contributed by atoms with Crippen LogP contribution in [0.1, 0.15) is 41.8 Å². The molecule has 3 aromatic rings. The zero-order chi connectivity index (χ0) is 23.4. The quantitative estimate of drug-likeness (QED) is 0.522. The first kappa shape index (κ1) is 22.3. The van der Waals surface area contributed by atoms with Crippen LogP contribution in [-0.2, 0) is 21.6 Å². The lowest BCUT2D eigenvalue weighted by atomic mass is 9.87. The normalized spacial score (nSPS) is 16.9. The Morgan fingerprint density at radius 1 is 1.15 bits per heavy atom. The summed E-state index contributed by atoms with van der Waals surface area (Å²) in [5.74, 6) is 0.900. The molecule has 1 atom stereocenters. The second-order valence-corrected chi connectivity index (χ2v) is 7.98. The van der Waals surface area contributed by atoms with Gasteiger partial charge in [0.2, 0.25) is 0 Å². The lowest BCUT2D eigenvalue weighted by Gasteiger charge is -2.35. The number of esters is 1. The second kappa shape index (κ2) is 9.28. The van der Waals surface area contributed by atoms with Crippen LogP contribution in [0.5, 0.6) is 5.75 Å². The van der Waals surface area contributed by atoms with E-state index in [2.05, 4.69) is 15.3 Å². The van der Waals surface area contributed by atoms with Gasteiger partial charge in [0.1, 0.15) is 17.9 Å². The van der Waals surface area contributed by atoms with Crippen LogP contribution in [-0.4, -0.2) is 40.5 Å². The Kier molecular flexibility index (Phi) is 6.26. The molecule has 1 aromatic heterocycles. The van der Waals surface area contributed by atoms with Crippen molar-refractivity contribution in [1.29, 1.82) is 0 Å². The molecule has 33 heavy (non-hydrogen) atoms. The minimum absolute atomic E-state index is 0.0483. The highest BCUT2D eigenvalue weighted by molar-refractivity contribution is 6.01. The van der Waals surface area contributed by atoms with E-state index in [1.807, 2.05) is 43.3 Å². The van der Waals surface area contributed by atoms with Crippen molar-refractivity contribution in [3.8, 4) is 5.75 Å². The van der Waals surface area contributed by atoms with E-state index in [9.17, 15) is 9.59 Å². The fraction of sp³-hybridized carbons (Fsp3) is 0.280. The van der Waals surface area contributed by atoms with Crippen molar-refractivity contribution in [1.82, 2.24) is 14.9 Å². The first-order chi connectivity index (χ1) is 15.9. The zero-order valence-corrected chi connectivity index (χ0v) is 18.9. The summed E-state index contributed by atoms with van der Waals surface area (Å²) in [5, 5.41) is 3.23. The fourth-order valence-corrected chi connectivity index (χ4v) is 4.13. The summed E-state index contributed by atoms with van der Waals surface area (Å²) in [5.41, 5.74) is 2.17. The molecule has 1 aliphatic heterocycles. The van der Waals surface area contributed by atoms with Crippen LogP contribution in [0, 0.1) is 0 Å². The summed E-state index contributed by atoms with van der Waals surface area (Å²) in [6.07, 6.45) is 3.15. The molecule has 0 aliphatic carbocycles. The maximum Gasteiger partial charge on any atom is 0.308 e. The van der Waals surface area contributed by atoms with Gasteiger partial charge in [-0.2, -0.15) is 0 Å². The van der Waals surface area contributed by atoms with Crippen LogP contribution < -0.4 is 10.1 Å². The number of anilines is 2. The number of carbonyl (C=O) groups excluding carboxylic acids is 2. The maximum absolute atomic E-state index is 13.5. The van der Waals surface area contributed by atoms with E-state index < -0.39 is 5.54 Å². The van der Waals surface area contributed by atoms with E-state index in [-0.39, 0.29) is 24.9 Å². The van der Waals surface area contributed by atoms with Gasteiger partial charge < -0.3 is 19.7 Å². The molecule has 2 heterocycles. The van der Waals surface area contributed by atoms with Gasteiger partial charge in [-0.1, -0.05) is 12.1 Å². The largest absolute Gasteiger partial charge is 0.497 e. The van der Waals surface area contributed by atoms with Crippen LogP contribution in [0.2, 0.25) is 0 Å². The lowest BCUT2D eigenvalue weighted by Crippen LogP contribution is -2.42. The van der Waals surface area contributed by atoms with Crippen molar-refractivity contribution >= 4 is 23.4 Å². The Morgan fingerprint density at radius 3 is 2.61 bits per heavy atom. The third-order valence-electron chi connectivity index (χ3n) is 5.82. The standard InChI is InChI=1S/C25H26N4O4/c1-4-33-23(30)14-25(2)21-13-18(28-22-11-12-26-16-27-22)7-10-20(21)24(31)29(25)15-17-5-8-19(32-3)9-6-17/h5-13,16H,4,14-15H2,1-3H3,(H,26,27,28). The molecule has 0 saturated heterocycles. The summed E-state index contributed by atoms with van der Waals surface area (Å²) in [7, 11) is 1.61. The minimum atomic E-state index is -0.873. The van der Waals surface area contributed by atoms with E-state index in [1.165, 1.54) is 6.33 Å². The van der Waals surface area contributed by atoms with Crippen molar-refractivity contribution in [2.45, 2.75) is 32.4 Å². The number of nitrogens with zero attached hydrogens (tertiary/aromatic N) is 3. The highest BCUT2D eigenvalue weighted by Gasteiger charge is 2.47. The van der Waals surface area contributed by atoms with Gasteiger partial charge in [-0.3, -0.25) is 9.59 Å². The first-order valence-electron chi connectivity index (χ1n) is 10.7. The number of benzene rings is 2. The highest BCUT2D eigenvalue weighted by Crippen LogP contribution is 2.44. The number of methoxy groups -OCH3 is 1. The highest BCUT2D eigenvalue weighted by atomic mass is 16.5. The van der Waals surface area contributed by atoms with E-state index >= 15 is 0 Å². The van der Waals surface area contributed by atoms with Gasteiger partial charge in [0.25, 0.3) is 5.91 Å². The number of hydrogen-bond acceptors (Lipinski definition) is 7. The Labute approximate surface area is 192 Å². The molecule has 2 aromatic carbocycles. The second-order valence-electron chi connectivity index (χ2n) is 7.98. The van der Waals surface area contributed by atoms with Crippen molar-refractivity contribution in [2.75, 3.05) is 19.0 Å². The number of fused-ring (bicyclic) bond motifs is 1. The number of ether oxygens (including phenoxy) is 2. The summed E-state index contributed by atoms with van der Waals surface area (Å²) in [6, 6.07) is 14.8. The molecule has 4 rings (SSSR count). The first-order valence-corrected chi connectivity index (χ1v) is 10.7. The predicted molar refractivity (Wildman–Crippen MR) is 123 cm³/mol. The summed E-state index contributed by atoms with van der Waals surface area (Å²) in [6.45, 7) is 4.31. The molecule has 0 fully saturated rings. The minimum Gasteiger partial charge on any atom is -0.497 e. The number of amides is 1. The van der Waals surface area contributed by atoms with Crippen LogP contribution in [0.4, 0.5) is 11.5 Å². The van der Waals surface area contributed by atoms with Gasteiger partial charge in [-0.05, 0) is 61.4 Å². The van der Waals surface area contributed by atoms with Gasteiger partial charge in [0, 0.05) is 24.0 Å². The summed E-state index contributed by atoms with van der Waals surface area (Å²) < 4.78 is 10.5. The number of carbonyl (C=O) groups is 2. The molecule has 1 unspecified atom stereocenters. The molecular weight excluding hydrogens is 420 g/mol. The molecule has 0 saturated carbocycles. The van der Waals surface area contributed by atoms with Crippen LogP contribution in [0.25, 0.3) is 0 Å². The van der Waals surface area contributed by atoms with E-state index in [1.54, 1.807) is 37.3 Å². The van der Waals surface area contributed by atoms with Crippen molar-refractivity contribution in [3.63, 3.8) is 0 Å². The van der Waals surface area contributed by atoms with Crippen molar-refractivity contribution < 1.29 is 19.1 Å². The Morgan fingerprint density at radius 2 is 1.94 bits per heavy atom. The van der Waals surface area contributed by atoms with Gasteiger partial charge in [-0.15, -0.1) is 0 Å². The van der Waals surface area contributed by atoms with Gasteiger partial charge >= 0.3 is 5.97 Å². The molecule has 0 bridgehead atoms. The molecule has 0 radical (unpaired) electrons. The van der Waals surface area contributed by atoms with E-state index in [0.29, 0.717) is 17.9 Å². The third kappa shape index (κ3) is 4.50. The van der Waals surface area contributed by atoms with Gasteiger partial charge in [-0.25, -0.2) is 9.97 Å². The summed E-state index contributed by atoms with van der Waals surface area (Å²) in [4.78, 5) is 35.9. The molecule has 1 amide bonds. The smallest absolute Gasteiger partial charge is 0.308 e. The monoisotopic (exact) mass is 446 g/mol. The van der Waals surface area contributed by atoms with Crippen LogP contribution in [0.15, 0.2) is 61.1 Å². The number of hydrogen-bond donors (Lipinski definition) is 1. The Hall–Kier alpha value is -3.94. The van der Waals surface area contributed by atoms with Crippen molar-refractivity contribution in [3.05, 3.63) is 77.7 Å². The number of rotatable bonds is 8. The molecule has 8 nitrogen and oxygen atoms in total. The van der Waals surface area contributed by atoms with Gasteiger partial charge in [0.15, 0.2) is 0 Å². The average Bonchev–Trinajstić information content (AvgIpc) is 3.01. The third-order valence-corrected chi connectivity index (χ3v) is 5.82. The fourth-order valence-electron chi connectivity index (χ4n) is 4.13. The van der Waals surface area contributed by atoms with Gasteiger partial charge in [0.05, 0.1) is 25.7 Å². The molecule has 8 heteroatoms. The van der Waals surface area contributed by atoms with E-state index in [4.69, 9.17) is 9.47 Å². The summed E-state index contributed by atoms with van der Waals surface area (Å²) >= 11 is 0. The number of nitrogens with one attached hydrogen (secondary N) is 1. The van der Waals surface area contributed by atoms with Crippen molar-refractivity contribution in [2.24, 2.45) is 0 Å². The Balaban J connectivity index is 1.70. The molecule has 0 spiro atoms. The Bertz CT molecular complexity index is 1150. The molecule has 1 N–H and O–H groups in total. The predicted octanol–water partition coefficient (Wildman–Crippen LogP) is 4.05. The number of aromatic nitrogens is 2. The van der Waals surface area contributed by atoms with E-state index in [0.717, 1.165) is 22.6 Å². The molecule has 1 aliphatic rings. The lowest BCUT2D eigenvalue weighted by molar-refractivity contribution is -0.146. The van der Waals surface area contributed by atoms with Crippen LogP contribution in [0.3, 0.4) is 0 Å². The SMILES string of the molecule is CCOC(=O)CC1(C)c2cc(Nc3ccncn3)ccc2C(=O)N1Cc1ccc(OC)cc1. The average molecular weight is 447 g/mol. The zero-order valence-electron chi connectivity index (χ0n) is 18.9. The molecule has 170 valence electrons. The van der Waals surface area contributed by atoms with Crippen LogP contribution >= 0.6 is 0 Å². The topological polar surface area (TPSA) is 93.7 Å².